The van der Waals surface area contributed by atoms with Crippen LogP contribution in [0.15, 0.2) is 24.4 Å². The van der Waals surface area contributed by atoms with Crippen molar-refractivity contribution < 1.29 is 9.47 Å². The first-order chi connectivity index (χ1) is 9.64. The molecule has 0 spiro atoms. The number of rotatable bonds is 4. The van der Waals surface area contributed by atoms with Crippen molar-refractivity contribution in [2.45, 2.75) is 32.1 Å². The van der Waals surface area contributed by atoms with Crippen molar-refractivity contribution in [2.24, 2.45) is 0 Å². The highest BCUT2D eigenvalue weighted by Gasteiger charge is 2.27. The highest BCUT2D eigenvalue weighted by atomic mass is 16.7. The smallest absolute Gasteiger partial charge is 0.162 e. The molecule has 0 atom stereocenters. The van der Waals surface area contributed by atoms with E-state index in [0.717, 1.165) is 24.4 Å². The van der Waals surface area contributed by atoms with Gasteiger partial charge in [-0.05, 0) is 26.0 Å². The number of hydrogen-bond donors (Lipinski definition) is 1. The first-order valence-corrected chi connectivity index (χ1v) is 6.94. The molecule has 1 saturated heterocycles. The summed E-state index contributed by atoms with van der Waals surface area (Å²) in [6.45, 7) is 6.05. The molecule has 1 aliphatic heterocycles. The van der Waals surface area contributed by atoms with Crippen LogP contribution in [0.3, 0.4) is 0 Å². The minimum absolute atomic E-state index is 0.238. The van der Waals surface area contributed by atoms with E-state index < -0.39 is 5.79 Å². The van der Waals surface area contributed by atoms with Crippen molar-refractivity contribution in [3.63, 3.8) is 0 Å². The molecule has 108 valence electrons. The van der Waals surface area contributed by atoms with E-state index in [2.05, 4.69) is 15.5 Å². The molecule has 0 aliphatic carbocycles. The molecule has 6 nitrogen and oxygen atoms in total. The summed E-state index contributed by atoms with van der Waals surface area (Å²) in [7, 11) is 0. The lowest BCUT2D eigenvalue weighted by molar-refractivity contribution is -0.252. The van der Waals surface area contributed by atoms with Crippen LogP contribution in [-0.4, -0.2) is 46.2 Å². The summed E-state index contributed by atoms with van der Waals surface area (Å²) in [5, 5.41) is 11.8. The largest absolute Gasteiger partial charge is 0.349 e. The Bertz CT molecular complexity index is 571. The maximum atomic E-state index is 5.62. The van der Waals surface area contributed by atoms with Gasteiger partial charge in [-0.2, -0.15) is 0 Å². The molecule has 0 aromatic carbocycles. The Morgan fingerprint density at radius 2 is 2.10 bits per heavy atom. The van der Waals surface area contributed by atoms with Gasteiger partial charge in [0, 0.05) is 19.2 Å². The Balaban J connectivity index is 1.51. The molecule has 3 heterocycles. The molecule has 1 N–H and O–H groups in total. The SMILES string of the molecule is CC1(C)OCC(NCCc2nnc3ccccn23)CO1. The van der Waals surface area contributed by atoms with Crippen LogP contribution in [0.1, 0.15) is 19.7 Å². The summed E-state index contributed by atoms with van der Waals surface area (Å²) in [5.74, 6) is 0.507. The topological polar surface area (TPSA) is 60.7 Å². The van der Waals surface area contributed by atoms with Gasteiger partial charge in [0.05, 0.1) is 19.3 Å². The van der Waals surface area contributed by atoms with E-state index in [-0.39, 0.29) is 6.04 Å². The molecule has 0 radical (unpaired) electrons. The van der Waals surface area contributed by atoms with Crippen molar-refractivity contribution in [2.75, 3.05) is 19.8 Å². The molecule has 0 unspecified atom stereocenters. The third-order valence-corrected chi connectivity index (χ3v) is 3.43. The Labute approximate surface area is 118 Å². The summed E-state index contributed by atoms with van der Waals surface area (Å²) >= 11 is 0. The quantitative estimate of drug-likeness (QED) is 0.903. The van der Waals surface area contributed by atoms with Gasteiger partial charge in [0.15, 0.2) is 11.4 Å². The molecule has 0 bridgehead atoms. The molecule has 1 aliphatic rings. The normalized spacial score (nSPS) is 19.5. The minimum atomic E-state index is -0.457. The maximum absolute atomic E-state index is 5.62. The minimum Gasteiger partial charge on any atom is -0.349 e. The highest BCUT2D eigenvalue weighted by Crippen LogP contribution is 2.16. The number of ether oxygens (including phenoxy) is 2. The van der Waals surface area contributed by atoms with Gasteiger partial charge in [-0.3, -0.25) is 4.40 Å². The second-order valence-electron chi connectivity index (χ2n) is 5.47. The monoisotopic (exact) mass is 276 g/mol. The summed E-state index contributed by atoms with van der Waals surface area (Å²) in [6.07, 6.45) is 2.81. The van der Waals surface area contributed by atoms with E-state index in [9.17, 15) is 0 Å². The number of nitrogens with one attached hydrogen (secondary N) is 1. The number of hydrogen-bond acceptors (Lipinski definition) is 5. The van der Waals surface area contributed by atoms with Crippen LogP contribution >= 0.6 is 0 Å². The number of aromatic nitrogens is 3. The molecule has 2 aromatic rings. The van der Waals surface area contributed by atoms with Crippen molar-refractivity contribution >= 4 is 5.65 Å². The summed E-state index contributed by atoms with van der Waals surface area (Å²) in [6, 6.07) is 6.14. The lowest BCUT2D eigenvalue weighted by atomic mass is 10.2. The lowest BCUT2D eigenvalue weighted by Crippen LogP contribution is -2.49. The fourth-order valence-electron chi connectivity index (χ4n) is 2.26. The predicted octanol–water partition coefficient (Wildman–Crippen LogP) is 1.01. The maximum Gasteiger partial charge on any atom is 0.162 e. The van der Waals surface area contributed by atoms with Gasteiger partial charge in [0.2, 0.25) is 0 Å². The summed E-state index contributed by atoms with van der Waals surface area (Å²) in [4.78, 5) is 0. The van der Waals surface area contributed by atoms with Crippen LogP contribution in [-0.2, 0) is 15.9 Å². The molecule has 0 amide bonds. The Kier molecular flexibility index (Phi) is 3.69. The van der Waals surface area contributed by atoms with Crippen LogP contribution in [0.5, 0.6) is 0 Å². The average Bonchev–Trinajstić information content (AvgIpc) is 2.84. The van der Waals surface area contributed by atoms with Gasteiger partial charge in [-0.25, -0.2) is 0 Å². The molecular weight excluding hydrogens is 256 g/mol. The van der Waals surface area contributed by atoms with Gasteiger partial charge >= 0.3 is 0 Å². The number of nitrogens with zero attached hydrogens (tertiary/aromatic N) is 3. The first kappa shape index (κ1) is 13.5. The van der Waals surface area contributed by atoms with Crippen LogP contribution in [0.4, 0.5) is 0 Å². The third-order valence-electron chi connectivity index (χ3n) is 3.43. The van der Waals surface area contributed by atoms with Crippen LogP contribution < -0.4 is 5.32 Å². The van der Waals surface area contributed by atoms with Gasteiger partial charge < -0.3 is 14.8 Å². The molecule has 3 rings (SSSR count). The fourth-order valence-corrected chi connectivity index (χ4v) is 2.26. The third kappa shape index (κ3) is 2.98. The van der Waals surface area contributed by atoms with Crippen LogP contribution in [0.2, 0.25) is 0 Å². The Morgan fingerprint density at radius 1 is 1.30 bits per heavy atom. The zero-order chi connectivity index (χ0) is 14.0. The van der Waals surface area contributed by atoms with Crippen molar-refractivity contribution in [1.29, 1.82) is 0 Å². The molecule has 20 heavy (non-hydrogen) atoms. The molecule has 2 aromatic heterocycles. The van der Waals surface area contributed by atoms with E-state index in [1.165, 1.54) is 0 Å². The lowest BCUT2D eigenvalue weighted by Gasteiger charge is -2.35. The second-order valence-corrected chi connectivity index (χ2v) is 5.47. The van der Waals surface area contributed by atoms with Crippen LogP contribution in [0.25, 0.3) is 5.65 Å². The van der Waals surface area contributed by atoms with E-state index in [1.54, 1.807) is 0 Å². The van der Waals surface area contributed by atoms with Gasteiger partial charge in [-0.15, -0.1) is 10.2 Å². The summed E-state index contributed by atoms with van der Waals surface area (Å²) in [5.41, 5.74) is 0.883. The Morgan fingerprint density at radius 3 is 2.90 bits per heavy atom. The molecule has 0 saturated carbocycles. The van der Waals surface area contributed by atoms with Crippen LogP contribution in [0, 0.1) is 0 Å². The van der Waals surface area contributed by atoms with E-state index in [4.69, 9.17) is 9.47 Å². The Hall–Kier alpha value is -1.50. The standard InChI is InChI=1S/C14H20N4O2/c1-14(2)19-9-11(10-20-14)15-7-6-13-17-16-12-5-3-4-8-18(12)13/h3-5,8,11,15H,6-7,9-10H2,1-2H3. The van der Waals surface area contributed by atoms with Crippen molar-refractivity contribution in [3.05, 3.63) is 30.2 Å². The van der Waals surface area contributed by atoms with E-state index >= 15 is 0 Å². The first-order valence-electron chi connectivity index (χ1n) is 6.94. The summed E-state index contributed by atoms with van der Waals surface area (Å²) < 4.78 is 13.2. The predicted molar refractivity (Wildman–Crippen MR) is 74.5 cm³/mol. The molecular formula is C14H20N4O2. The zero-order valence-corrected chi connectivity index (χ0v) is 11.9. The highest BCUT2D eigenvalue weighted by molar-refractivity contribution is 5.36. The number of pyridine rings is 1. The second kappa shape index (κ2) is 5.47. The van der Waals surface area contributed by atoms with E-state index in [0.29, 0.717) is 13.2 Å². The van der Waals surface area contributed by atoms with Gasteiger partial charge in [0.25, 0.3) is 0 Å². The van der Waals surface area contributed by atoms with Crippen molar-refractivity contribution in [1.82, 2.24) is 19.9 Å². The van der Waals surface area contributed by atoms with Gasteiger partial charge in [0.1, 0.15) is 5.82 Å². The van der Waals surface area contributed by atoms with Crippen molar-refractivity contribution in [3.8, 4) is 0 Å². The molecule has 1 fully saturated rings. The zero-order valence-electron chi connectivity index (χ0n) is 11.9. The van der Waals surface area contributed by atoms with Gasteiger partial charge in [-0.1, -0.05) is 6.07 Å². The number of fused-ring (bicyclic) bond motifs is 1. The molecule has 6 heteroatoms. The average molecular weight is 276 g/mol. The van der Waals surface area contributed by atoms with E-state index in [1.807, 2.05) is 42.6 Å². The fraction of sp³-hybridized carbons (Fsp3) is 0.571.